The average molecular weight is 518 g/mol. The Morgan fingerprint density at radius 3 is 2.37 bits per heavy atom. The van der Waals surface area contributed by atoms with Gasteiger partial charge in [0.25, 0.3) is 0 Å². The van der Waals surface area contributed by atoms with Crippen LogP contribution in [0, 0.1) is 18.8 Å². The monoisotopic (exact) mass is 517 g/mol. The van der Waals surface area contributed by atoms with Crippen LogP contribution in [0.5, 0.6) is 0 Å². The van der Waals surface area contributed by atoms with Crippen LogP contribution in [0.1, 0.15) is 81.2 Å². The molecule has 5 heterocycles. The fourth-order valence-corrected chi connectivity index (χ4v) is 7.99. The Hall–Kier alpha value is -2.67. The van der Waals surface area contributed by atoms with E-state index >= 15 is 0 Å². The molecule has 2 amide bonds. The summed E-state index contributed by atoms with van der Waals surface area (Å²) in [6, 6.07) is 12.5. The van der Waals surface area contributed by atoms with Crippen LogP contribution >= 0.6 is 0 Å². The second-order valence-electron chi connectivity index (χ2n) is 12.5. The topological polar surface area (TPSA) is 61.7 Å². The fourth-order valence-electron chi connectivity index (χ4n) is 7.99. The Morgan fingerprint density at radius 1 is 1.00 bits per heavy atom. The molecule has 5 atom stereocenters. The van der Waals surface area contributed by atoms with Crippen LogP contribution in [0.2, 0.25) is 0 Å². The Kier molecular flexibility index (Phi) is 6.83. The maximum Gasteiger partial charge on any atom is 0.225 e. The Balaban J connectivity index is 1.17. The van der Waals surface area contributed by atoms with Crippen molar-refractivity contribution < 1.29 is 9.59 Å². The predicted octanol–water partition coefficient (Wildman–Crippen LogP) is 4.16. The Morgan fingerprint density at radius 2 is 1.71 bits per heavy atom. The lowest BCUT2D eigenvalue weighted by molar-refractivity contribution is -0.135. The van der Waals surface area contributed by atoms with Crippen molar-refractivity contribution in [1.29, 1.82) is 0 Å². The van der Waals surface area contributed by atoms with Gasteiger partial charge >= 0.3 is 0 Å². The lowest BCUT2D eigenvalue weighted by Gasteiger charge is -2.42. The number of aromatic nitrogens is 2. The number of amides is 2. The fraction of sp³-hybridized carbons (Fsp3) is 0.645. The van der Waals surface area contributed by atoms with Gasteiger partial charge in [0.2, 0.25) is 11.8 Å². The summed E-state index contributed by atoms with van der Waals surface area (Å²) in [5.74, 6) is 2.47. The van der Waals surface area contributed by atoms with Gasteiger partial charge in [-0.2, -0.15) is 0 Å². The number of rotatable bonds is 5. The number of hydrogen-bond acceptors (Lipinski definition) is 4. The number of benzene rings is 1. The maximum absolute atomic E-state index is 12.6. The van der Waals surface area contributed by atoms with Crippen LogP contribution in [-0.2, 0) is 22.6 Å². The smallest absolute Gasteiger partial charge is 0.225 e. The molecule has 4 aliphatic heterocycles. The minimum absolute atomic E-state index is 0.0311. The van der Waals surface area contributed by atoms with E-state index < -0.39 is 0 Å². The van der Waals surface area contributed by atoms with Gasteiger partial charge in [-0.3, -0.25) is 14.5 Å². The van der Waals surface area contributed by atoms with Gasteiger partial charge in [-0.15, -0.1) is 0 Å². The number of piperidine rings is 1. The normalized spacial score (nSPS) is 29.2. The molecule has 1 unspecified atom stereocenters. The zero-order valence-corrected chi connectivity index (χ0v) is 23.5. The van der Waals surface area contributed by atoms with Crippen molar-refractivity contribution in [3.05, 3.63) is 53.1 Å². The second kappa shape index (κ2) is 10.1. The van der Waals surface area contributed by atoms with Gasteiger partial charge in [0.15, 0.2) is 0 Å². The van der Waals surface area contributed by atoms with Gasteiger partial charge in [0.05, 0.1) is 12.2 Å². The summed E-state index contributed by atoms with van der Waals surface area (Å²) in [6.45, 7) is 12.1. The summed E-state index contributed by atoms with van der Waals surface area (Å²) in [5, 5.41) is 0. The lowest BCUT2D eigenvalue weighted by atomic mass is 9.87. The first-order chi connectivity index (χ1) is 18.3. The van der Waals surface area contributed by atoms with Gasteiger partial charge in [0, 0.05) is 75.2 Å². The summed E-state index contributed by atoms with van der Waals surface area (Å²) in [7, 11) is 0. The van der Waals surface area contributed by atoms with E-state index in [1.807, 2.05) is 18.7 Å². The van der Waals surface area contributed by atoms with Gasteiger partial charge in [0.1, 0.15) is 5.82 Å². The first kappa shape index (κ1) is 25.6. The molecule has 204 valence electrons. The summed E-state index contributed by atoms with van der Waals surface area (Å²) in [6.07, 6.45) is 5.80. The molecule has 0 aliphatic carbocycles. The second-order valence-corrected chi connectivity index (χ2v) is 12.5. The molecule has 0 radical (unpaired) electrons. The largest absolute Gasteiger partial charge is 0.342 e. The number of aryl methyl sites for hydroxylation is 1. The van der Waals surface area contributed by atoms with Gasteiger partial charge in [-0.05, 0) is 44.1 Å². The quantitative estimate of drug-likeness (QED) is 0.598. The average Bonchev–Trinajstić information content (AvgIpc) is 3.54. The number of likely N-dealkylation sites (tertiary alicyclic amines) is 1. The van der Waals surface area contributed by atoms with Crippen LogP contribution in [-0.4, -0.2) is 74.3 Å². The number of nitrogens with zero attached hydrogens (tertiary/aromatic N) is 5. The molecule has 0 N–H and O–H groups in total. The molecule has 6 rings (SSSR count). The number of hydrogen-bond donors (Lipinski definition) is 0. The Bertz CT molecular complexity index is 1180. The number of carbonyl (C=O) groups is 2. The van der Waals surface area contributed by atoms with Crippen molar-refractivity contribution in [3.8, 4) is 0 Å². The van der Waals surface area contributed by atoms with Crippen LogP contribution in [0.15, 0.2) is 30.3 Å². The third-order valence-electron chi connectivity index (χ3n) is 9.82. The van der Waals surface area contributed by atoms with E-state index in [1.54, 1.807) is 6.92 Å². The SMILES string of the molecule is CC(=O)N1C[C@H](CN2[C@@H]3CC[C@H]2CC(n2c(C)nc4c2CCN(C(=O)C(C)C)C4)C3)[C@@H](c2ccccc2)C1. The van der Waals surface area contributed by atoms with E-state index in [-0.39, 0.29) is 17.7 Å². The third kappa shape index (κ3) is 4.57. The van der Waals surface area contributed by atoms with Crippen molar-refractivity contribution in [2.75, 3.05) is 26.2 Å². The van der Waals surface area contributed by atoms with Gasteiger partial charge in [-0.1, -0.05) is 44.2 Å². The number of carbonyl (C=O) groups excluding carboxylic acids is 2. The van der Waals surface area contributed by atoms with Crippen LogP contribution in [0.3, 0.4) is 0 Å². The molecule has 7 nitrogen and oxygen atoms in total. The number of fused-ring (bicyclic) bond motifs is 3. The Labute approximate surface area is 227 Å². The van der Waals surface area contributed by atoms with E-state index in [1.165, 1.54) is 36.9 Å². The van der Waals surface area contributed by atoms with Crippen molar-refractivity contribution >= 4 is 11.8 Å². The molecule has 4 aliphatic rings. The van der Waals surface area contributed by atoms with Crippen LogP contribution in [0.25, 0.3) is 0 Å². The zero-order chi connectivity index (χ0) is 26.6. The minimum atomic E-state index is 0.0311. The highest BCUT2D eigenvalue weighted by Gasteiger charge is 2.45. The first-order valence-electron chi connectivity index (χ1n) is 14.7. The molecule has 38 heavy (non-hydrogen) atoms. The van der Waals surface area contributed by atoms with Crippen molar-refractivity contribution in [3.63, 3.8) is 0 Å². The van der Waals surface area contributed by atoms with Crippen molar-refractivity contribution in [1.82, 2.24) is 24.3 Å². The molecule has 1 aromatic heterocycles. The minimum Gasteiger partial charge on any atom is -0.342 e. The molecule has 7 heteroatoms. The van der Waals surface area contributed by atoms with E-state index in [2.05, 4.69) is 51.6 Å². The van der Waals surface area contributed by atoms with Crippen molar-refractivity contribution in [2.24, 2.45) is 11.8 Å². The summed E-state index contributed by atoms with van der Waals surface area (Å²) in [5.41, 5.74) is 3.85. The highest BCUT2D eigenvalue weighted by molar-refractivity contribution is 5.78. The highest BCUT2D eigenvalue weighted by Crippen LogP contribution is 2.44. The predicted molar refractivity (Wildman–Crippen MR) is 148 cm³/mol. The molecule has 0 spiro atoms. The summed E-state index contributed by atoms with van der Waals surface area (Å²) in [4.78, 5) is 36.7. The van der Waals surface area contributed by atoms with Gasteiger partial charge in [-0.25, -0.2) is 4.98 Å². The first-order valence-corrected chi connectivity index (χ1v) is 14.7. The van der Waals surface area contributed by atoms with E-state index in [0.717, 1.165) is 44.1 Å². The summed E-state index contributed by atoms with van der Waals surface area (Å²) >= 11 is 0. The van der Waals surface area contributed by atoms with E-state index in [4.69, 9.17) is 4.98 Å². The molecule has 3 saturated heterocycles. The molecular weight excluding hydrogens is 474 g/mol. The molecule has 2 bridgehead atoms. The van der Waals surface area contributed by atoms with Crippen LogP contribution < -0.4 is 0 Å². The highest BCUT2D eigenvalue weighted by atomic mass is 16.2. The molecule has 1 aromatic carbocycles. The standard InChI is InChI=1S/C31H43N5O2/c1-20(2)31(38)33-13-12-30-29(19-33)32-21(3)36(30)27-14-25-10-11-26(15-27)35(25)17-24-16-34(22(4)37)18-28(24)23-8-6-5-7-9-23/h5-9,20,24-28H,10-19H2,1-4H3/t24-,25-,26+,27?,28-/m1/s1. The number of imidazole rings is 1. The molecule has 2 aromatic rings. The lowest BCUT2D eigenvalue weighted by Crippen LogP contribution is -2.47. The zero-order valence-electron chi connectivity index (χ0n) is 23.5. The molecule has 3 fully saturated rings. The third-order valence-corrected chi connectivity index (χ3v) is 9.82. The van der Waals surface area contributed by atoms with E-state index in [9.17, 15) is 9.59 Å². The van der Waals surface area contributed by atoms with Crippen molar-refractivity contribution in [2.45, 2.75) is 90.4 Å². The molecule has 0 saturated carbocycles. The van der Waals surface area contributed by atoms with Crippen LogP contribution in [0.4, 0.5) is 0 Å². The van der Waals surface area contributed by atoms with Gasteiger partial charge < -0.3 is 14.4 Å². The molecular formula is C31H43N5O2. The van der Waals surface area contributed by atoms with E-state index in [0.29, 0.717) is 36.5 Å². The maximum atomic E-state index is 12.6. The summed E-state index contributed by atoms with van der Waals surface area (Å²) < 4.78 is 2.55.